The fourth-order valence-corrected chi connectivity index (χ4v) is 0.750. The lowest BCUT2D eigenvalue weighted by Gasteiger charge is -1.37. The average Bonchev–Trinajstić information content (AvgIpc) is 1.41. The minimum Gasteiger partial charge on any atom is 0.000281 e. The molecule has 0 N–H and O–H groups in total. The first-order valence-corrected chi connectivity index (χ1v) is 3.54. The summed E-state index contributed by atoms with van der Waals surface area (Å²) in [6, 6.07) is 2.74. The Balaban J connectivity index is 2.19. The Morgan fingerprint density at radius 2 is 1.60 bits per heavy atom. The molecule has 0 aliphatic heterocycles. The van der Waals surface area contributed by atoms with Crippen molar-refractivity contribution < 1.29 is 0 Å². The molecule has 0 aliphatic carbocycles. The van der Waals surface area contributed by atoms with Crippen LogP contribution in [-0.2, 0) is 0 Å². The zero-order valence-electron chi connectivity index (χ0n) is 3.91. The summed E-state index contributed by atoms with van der Waals surface area (Å²) in [6.45, 7) is 4.45. The lowest BCUT2D eigenvalue weighted by atomic mass is 11.0. The van der Waals surface area contributed by atoms with Crippen molar-refractivity contribution >= 4 is 9.52 Å². The Bertz CT molecular complexity index is 11.1. The second kappa shape index (κ2) is 4.22. The molecule has 0 heterocycles. The SMILES string of the molecule is CC[Si+2]CC. The van der Waals surface area contributed by atoms with E-state index in [0.717, 1.165) is 0 Å². The largest absolute Gasteiger partial charge is 0.902 e. The molecular weight excluding hydrogens is 76.1 g/mol. The Hall–Kier alpha value is 0.217. The Labute approximate surface area is 36.4 Å². The van der Waals surface area contributed by atoms with Crippen molar-refractivity contribution in [1.82, 2.24) is 0 Å². The van der Waals surface area contributed by atoms with E-state index in [4.69, 9.17) is 0 Å². The van der Waals surface area contributed by atoms with E-state index in [0.29, 0.717) is 0 Å². The average molecular weight is 86.2 g/mol. The zero-order chi connectivity index (χ0) is 4.12. The van der Waals surface area contributed by atoms with Crippen LogP contribution >= 0.6 is 0 Å². The summed E-state index contributed by atoms with van der Waals surface area (Å²) in [4.78, 5) is 0. The molecule has 0 atom stereocenters. The maximum Gasteiger partial charge on any atom is 0.902 e. The molecule has 0 aromatic rings. The molecule has 0 unspecified atom stereocenters. The molecule has 0 radical (unpaired) electrons. The van der Waals surface area contributed by atoms with Crippen LogP contribution < -0.4 is 0 Å². The fraction of sp³-hybridized carbons (Fsp3) is 1.00. The first-order chi connectivity index (χ1) is 2.41. The smallest absolute Gasteiger partial charge is 0.000281 e. The predicted molar refractivity (Wildman–Crippen MR) is 26.7 cm³/mol. The molecule has 0 aromatic carbocycles. The van der Waals surface area contributed by atoms with Gasteiger partial charge in [-0.3, -0.25) is 0 Å². The summed E-state index contributed by atoms with van der Waals surface area (Å²) in [5.41, 5.74) is 0. The van der Waals surface area contributed by atoms with Gasteiger partial charge in [-0.05, 0) is 0 Å². The van der Waals surface area contributed by atoms with Crippen LogP contribution in [0.2, 0.25) is 12.1 Å². The summed E-state index contributed by atoms with van der Waals surface area (Å²) >= 11 is 0. The first-order valence-electron chi connectivity index (χ1n) is 2.12. The molecule has 0 fully saturated rings. The second-order valence-corrected chi connectivity index (χ2v) is 2.87. The third kappa shape index (κ3) is 4.22. The summed E-state index contributed by atoms with van der Waals surface area (Å²) in [6.07, 6.45) is 0. The van der Waals surface area contributed by atoms with Gasteiger partial charge in [-0.1, -0.05) is 0 Å². The molecule has 0 nitrogen and oxygen atoms in total. The number of hydrogen-bond acceptors (Lipinski definition) is 0. The van der Waals surface area contributed by atoms with Crippen molar-refractivity contribution in [2.24, 2.45) is 0 Å². The molecule has 0 bridgehead atoms. The van der Waals surface area contributed by atoms with Crippen molar-refractivity contribution in [3.8, 4) is 0 Å². The topological polar surface area (TPSA) is 0 Å². The molecule has 0 saturated heterocycles. The van der Waals surface area contributed by atoms with Gasteiger partial charge in [-0.25, -0.2) is 0 Å². The highest BCUT2D eigenvalue weighted by atomic mass is 28.2. The van der Waals surface area contributed by atoms with Crippen molar-refractivity contribution in [2.45, 2.75) is 25.9 Å². The van der Waals surface area contributed by atoms with Crippen molar-refractivity contribution in [3.05, 3.63) is 0 Å². The summed E-state index contributed by atoms with van der Waals surface area (Å²) in [5.74, 6) is 0. The Morgan fingerprint density at radius 1 is 1.20 bits per heavy atom. The van der Waals surface area contributed by atoms with E-state index >= 15 is 0 Å². The third-order valence-corrected chi connectivity index (χ3v) is 1.50. The van der Waals surface area contributed by atoms with E-state index in [1.807, 2.05) is 0 Å². The van der Waals surface area contributed by atoms with E-state index < -0.39 is 0 Å². The zero-order valence-corrected chi connectivity index (χ0v) is 4.91. The van der Waals surface area contributed by atoms with Crippen LogP contribution in [0, 0.1) is 0 Å². The van der Waals surface area contributed by atoms with E-state index in [1.165, 1.54) is 21.6 Å². The normalized spacial score (nSPS) is 6.80. The van der Waals surface area contributed by atoms with Crippen LogP contribution in [0.3, 0.4) is 0 Å². The van der Waals surface area contributed by atoms with Crippen molar-refractivity contribution in [1.29, 1.82) is 0 Å². The standard InChI is InChI=1S/C4H10Si/c1-3-5-4-2/h3-4H2,1-2H3/q+2. The molecule has 1 heteroatoms. The minimum atomic E-state index is 1.20. The van der Waals surface area contributed by atoms with E-state index in [1.54, 1.807) is 0 Å². The molecule has 5 heavy (non-hydrogen) atoms. The predicted octanol–water partition coefficient (Wildman–Crippen LogP) is 1.57. The van der Waals surface area contributed by atoms with Crippen LogP contribution in [0.25, 0.3) is 0 Å². The van der Waals surface area contributed by atoms with Crippen LogP contribution in [0.4, 0.5) is 0 Å². The van der Waals surface area contributed by atoms with Gasteiger partial charge in [0.25, 0.3) is 0 Å². The first kappa shape index (κ1) is 5.22. The monoisotopic (exact) mass is 86.1 g/mol. The maximum atomic E-state index is 2.22. The molecule has 0 rings (SSSR count). The van der Waals surface area contributed by atoms with Crippen LogP contribution in [0.5, 0.6) is 0 Å². The Kier molecular flexibility index (Phi) is 4.40. The third-order valence-electron chi connectivity index (χ3n) is 0.500. The highest BCUT2D eigenvalue weighted by Crippen LogP contribution is 1.77. The number of hydrogen-bond donors (Lipinski definition) is 0. The number of rotatable bonds is 2. The van der Waals surface area contributed by atoms with Crippen LogP contribution in [0.1, 0.15) is 13.8 Å². The van der Waals surface area contributed by atoms with Gasteiger partial charge in [0.2, 0.25) is 12.1 Å². The maximum absolute atomic E-state index is 2.22. The molecule has 0 amide bonds. The van der Waals surface area contributed by atoms with Crippen LogP contribution in [-0.4, -0.2) is 9.52 Å². The van der Waals surface area contributed by atoms with Crippen molar-refractivity contribution in [2.75, 3.05) is 0 Å². The molecule has 0 spiro atoms. The molecular formula is C4H10Si+2. The summed E-state index contributed by atoms with van der Waals surface area (Å²) < 4.78 is 0. The van der Waals surface area contributed by atoms with E-state index in [2.05, 4.69) is 13.8 Å². The van der Waals surface area contributed by atoms with Gasteiger partial charge in [-0.15, -0.1) is 0 Å². The molecule has 0 saturated carbocycles. The van der Waals surface area contributed by atoms with Gasteiger partial charge < -0.3 is 0 Å². The second-order valence-electron chi connectivity index (χ2n) is 0.957. The van der Waals surface area contributed by atoms with Gasteiger partial charge in [0, 0.05) is 13.8 Å². The van der Waals surface area contributed by atoms with Gasteiger partial charge in [0.1, 0.15) is 0 Å². The van der Waals surface area contributed by atoms with E-state index in [9.17, 15) is 0 Å². The van der Waals surface area contributed by atoms with Gasteiger partial charge in [0.05, 0.1) is 0 Å². The van der Waals surface area contributed by atoms with Crippen LogP contribution in [0.15, 0.2) is 0 Å². The quantitative estimate of drug-likeness (QED) is 0.447. The van der Waals surface area contributed by atoms with Gasteiger partial charge >= 0.3 is 9.52 Å². The highest BCUT2D eigenvalue weighted by Gasteiger charge is 2.22. The molecule has 0 aromatic heterocycles. The summed E-state index contributed by atoms with van der Waals surface area (Å²) in [7, 11) is 1.20. The van der Waals surface area contributed by atoms with Gasteiger partial charge in [0.15, 0.2) is 0 Å². The lowest BCUT2D eigenvalue weighted by Crippen LogP contribution is -1.76. The fourth-order valence-electron chi connectivity index (χ4n) is 0.250. The Morgan fingerprint density at radius 3 is 1.60 bits per heavy atom. The minimum absolute atomic E-state index is 1.20. The van der Waals surface area contributed by atoms with Crippen molar-refractivity contribution in [3.63, 3.8) is 0 Å². The highest BCUT2D eigenvalue weighted by molar-refractivity contribution is 6.34. The lowest BCUT2D eigenvalue weighted by molar-refractivity contribution is 1.36. The van der Waals surface area contributed by atoms with E-state index in [-0.39, 0.29) is 0 Å². The van der Waals surface area contributed by atoms with Gasteiger partial charge in [-0.2, -0.15) is 0 Å². The molecule has 0 aliphatic rings. The summed E-state index contributed by atoms with van der Waals surface area (Å²) in [5, 5.41) is 0. The molecule has 28 valence electrons.